The molecule has 1 atom stereocenters. The first-order valence-corrected chi connectivity index (χ1v) is 11.5. The Balaban J connectivity index is 1.77. The van der Waals surface area contributed by atoms with E-state index in [0.717, 1.165) is 10.7 Å². The first-order chi connectivity index (χ1) is 17.5. The first-order valence-electron chi connectivity index (χ1n) is 11.5. The lowest BCUT2D eigenvalue weighted by atomic mass is 10.1. The van der Waals surface area contributed by atoms with Crippen LogP contribution in [0.25, 0.3) is 27.8 Å². The maximum Gasteiger partial charge on any atom is 0.418 e. The number of alkyl halides is 3. The van der Waals surface area contributed by atoms with E-state index in [-0.39, 0.29) is 17.8 Å². The zero-order valence-corrected chi connectivity index (χ0v) is 20.4. The van der Waals surface area contributed by atoms with Gasteiger partial charge in [-0.1, -0.05) is 0 Å². The summed E-state index contributed by atoms with van der Waals surface area (Å²) in [5.41, 5.74) is -1.77. The van der Waals surface area contributed by atoms with Crippen LogP contribution in [0.1, 0.15) is 18.9 Å². The molecule has 37 heavy (non-hydrogen) atoms. The molecule has 0 saturated carbocycles. The second-order valence-electron chi connectivity index (χ2n) is 9.30. The highest BCUT2D eigenvalue weighted by Gasteiger charge is 2.37. The van der Waals surface area contributed by atoms with Crippen LogP contribution in [0.2, 0.25) is 0 Å². The molecule has 0 bridgehead atoms. The van der Waals surface area contributed by atoms with E-state index in [1.54, 1.807) is 36.1 Å². The number of aromatic amines is 1. The van der Waals surface area contributed by atoms with Gasteiger partial charge in [0, 0.05) is 42.0 Å². The van der Waals surface area contributed by atoms with Crippen LogP contribution in [0.5, 0.6) is 11.5 Å². The lowest BCUT2D eigenvalue weighted by Gasteiger charge is -2.23. The summed E-state index contributed by atoms with van der Waals surface area (Å²) in [6.45, 7) is 2.40. The molecule has 1 saturated heterocycles. The average molecular weight is 515 g/mol. The third-order valence-electron chi connectivity index (χ3n) is 6.57. The summed E-state index contributed by atoms with van der Waals surface area (Å²) in [4.78, 5) is 18.1. The highest BCUT2D eigenvalue weighted by Crippen LogP contribution is 2.38. The number of nitrogens with one attached hydrogen (secondary N) is 1. The molecule has 1 fully saturated rings. The van der Waals surface area contributed by atoms with Crippen molar-refractivity contribution in [2.75, 3.05) is 32.2 Å². The van der Waals surface area contributed by atoms with E-state index in [2.05, 4.69) is 10.1 Å². The number of nitrogens with zero attached hydrogens (tertiary/aromatic N) is 3. The van der Waals surface area contributed by atoms with Gasteiger partial charge in [-0.05, 0) is 49.7 Å². The van der Waals surface area contributed by atoms with E-state index in [1.165, 1.54) is 32.5 Å². The minimum absolute atomic E-state index is 0.106. The quantitative estimate of drug-likeness (QED) is 0.411. The van der Waals surface area contributed by atoms with Crippen LogP contribution in [0.15, 0.2) is 53.5 Å². The number of ether oxygens (including phenoxy) is 2. The topological polar surface area (TPSA) is 92.6 Å². The largest absolute Gasteiger partial charge is 0.497 e. The zero-order chi connectivity index (χ0) is 26.5. The van der Waals surface area contributed by atoms with Crippen molar-refractivity contribution in [2.45, 2.75) is 25.1 Å². The van der Waals surface area contributed by atoms with Gasteiger partial charge in [0.2, 0.25) is 0 Å². The Bertz CT molecular complexity index is 1520. The molecule has 0 radical (unpaired) electrons. The SMILES string of the molecule is COc1cc(OC)cc(-c2nn(-c3cc(N4CCC(C)(O)C4)ccc3C(F)(F)F)c(=O)c3[nH]ccc23)c1. The predicted octanol–water partition coefficient (Wildman–Crippen LogP) is 4.38. The molecule has 1 aliphatic rings. The number of aliphatic hydroxyl groups is 1. The Morgan fingerprint density at radius 2 is 1.78 bits per heavy atom. The summed E-state index contributed by atoms with van der Waals surface area (Å²) >= 11 is 0. The number of rotatable bonds is 5. The van der Waals surface area contributed by atoms with Crippen LogP contribution < -0.4 is 19.9 Å². The van der Waals surface area contributed by atoms with Gasteiger partial charge in [0.15, 0.2) is 0 Å². The molecule has 0 aliphatic carbocycles. The highest BCUT2D eigenvalue weighted by molar-refractivity contribution is 5.92. The molecule has 4 aromatic rings. The third-order valence-corrected chi connectivity index (χ3v) is 6.57. The number of halogens is 3. The number of benzene rings is 2. The normalized spacial score (nSPS) is 18.0. The molecular formula is C26H25F3N4O4. The molecular weight excluding hydrogens is 489 g/mol. The van der Waals surface area contributed by atoms with Crippen LogP contribution in [-0.4, -0.2) is 52.8 Å². The molecule has 1 aliphatic heterocycles. The number of hydrogen-bond donors (Lipinski definition) is 2. The number of anilines is 1. The Labute approximate surface area is 209 Å². The van der Waals surface area contributed by atoms with Crippen LogP contribution in [-0.2, 0) is 6.18 Å². The monoisotopic (exact) mass is 514 g/mol. The number of β-amino-alcohol motifs (C(OH)–C–C–N with tert-alkyl or cyclic N) is 1. The first kappa shape index (κ1) is 24.7. The van der Waals surface area contributed by atoms with Gasteiger partial charge in [-0.3, -0.25) is 4.79 Å². The van der Waals surface area contributed by atoms with Gasteiger partial charge in [0.25, 0.3) is 5.56 Å². The molecule has 0 spiro atoms. The molecule has 8 nitrogen and oxygen atoms in total. The molecule has 2 N–H and O–H groups in total. The van der Waals surface area contributed by atoms with Gasteiger partial charge in [-0.15, -0.1) is 0 Å². The van der Waals surface area contributed by atoms with Gasteiger partial charge < -0.3 is 24.5 Å². The second-order valence-corrected chi connectivity index (χ2v) is 9.30. The predicted molar refractivity (Wildman–Crippen MR) is 133 cm³/mol. The zero-order valence-electron chi connectivity index (χ0n) is 20.4. The summed E-state index contributed by atoms with van der Waals surface area (Å²) in [6, 6.07) is 10.2. The molecule has 3 heterocycles. The lowest BCUT2D eigenvalue weighted by Crippen LogP contribution is -2.30. The summed E-state index contributed by atoms with van der Waals surface area (Å²) in [6.07, 6.45) is -2.74. The molecule has 1 unspecified atom stereocenters. The van der Waals surface area contributed by atoms with Crippen molar-refractivity contribution in [2.24, 2.45) is 0 Å². The fraction of sp³-hybridized carbons (Fsp3) is 0.308. The van der Waals surface area contributed by atoms with Crippen LogP contribution in [0.4, 0.5) is 18.9 Å². The number of aromatic nitrogens is 3. The third kappa shape index (κ3) is 4.50. The second kappa shape index (κ2) is 8.84. The van der Waals surface area contributed by atoms with Crippen LogP contribution in [0, 0.1) is 0 Å². The van der Waals surface area contributed by atoms with E-state index in [9.17, 15) is 23.1 Å². The summed E-state index contributed by atoms with van der Waals surface area (Å²) < 4.78 is 53.9. The van der Waals surface area contributed by atoms with Crippen molar-refractivity contribution in [3.8, 4) is 28.4 Å². The van der Waals surface area contributed by atoms with Gasteiger partial charge in [0.05, 0.1) is 31.1 Å². The molecule has 2 aromatic heterocycles. The summed E-state index contributed by atoms with van der Waals surface area (Å²) in [7, 11) is 2.96. The van der Waals surface area contributed by atoms with Crippen LogP contribution >= 0.6 is 0 Å². The average Bonchev–Trinajstić information content (AvgIpc) is 3.50. The summed E-state index contributed by atoms with van der Waals surface area (Å²) in [5.74, 6) is 0.910. The minimum Gasteiger partial charge on any atom is -0.497 e. The smallest absolute Gasteiger partial charge is 0.418 e. The fourth-order valence-electron chi connectivity index (χ4n) is 4.67. The summed E-state index contributed by atoms with van der Waals surface area (Å²) in [5, 5.41) is 15.3. The Morgan fingerprint density at radius 1 is 1.08 bits per heavy atom. The van der Waals surface area contributed by atoms with Gasteiger partial charge in [-0.25, -0.2) is 0 Å². The van der Waals surface area contributed by atoms with Crippen molar-refractivity contribution in [1.82, 2.24) is 14.8 Å². The lowest BCUT2D eigenvalue weighted by molar-refractivity contribution is -0.137. The molecule has 194 valence electrons. The number of hydrogen-bond acceptors (Lipinski definition) is 6. The Morgan fingerprint density at radius 3 is 2.38 bits per heavy atom. The molecule has 5 rings (SSSR count). The highest BCUT2D eigenvalue weighted by atomic mass is 19.4. The molecule has 0 amide bonds. The van der Waals surface area contributed by atoms with E-state index < -0.39 is 28.6 Å². The van der Waals surface area contributed by atoms with Crippen molar-refractivity contribution in [3.05, 3.63) is 64.6 Å². The van der Waals surface area contributed by atoms with Crippen LogP contribution in [0.3, 0.4) is 0 Å². The standard InChI is InChI=1S/C26H25F3N4O4/c1-25(35)7-9-32(14-25)16-4-5-20(26(27,28)29)21(12-16)33-24(34)23-19(6-8-30-23)22(31-33)15-10-17(36-2)13-18(11-15)37-3/h4-6,8,10-13,30,35H,7,9,14H2,1-3H3. The van der Waals surface area contributed by atoms with Crippen molar-refractivity contribution in [3.63, 3.8) is 0 Å². The fourth-order valence-corrected chi connectivity index (χ4v) is 4.67. The maximum atomic E-state index is 14.1. The van der Waals surface area contributed by atoms with Crippen molar-refractivity contribution < 1.29 is 27.8 Å². The number of H-pyrrole nitrogens is 1. The molecule has 2 aromatic carbocycles. The Kier molecular flexibility index (Phi) is 5.90. The number of methoxy groups -OCH3 is 2. The van der Waals surface area contributed by atoms with E-state index in [4.69, 9.17) is 9.47 Å². The molecule has 11 heteroatoms. The van der Waals surface area contributed by atoms with E-state index in [1.807, 2.05) is 0 Å². The minimum atomic E-state index is -4.74. The number of fused-ring (bicyclic) bond motifs is 1. The maximum absolute atomic E-state index is 14.1. The van der Waals surface area contributed by atoms with Gasteiger partial charge >= 0.3 is 6.18 Å². The van der Waals surface area contributed by atoms with Gasteiger partial charge in [0.1, 0.15) is 22.7 Å². The van der Waals surface area contributed by atoms with Crippen molar-refractivity contribution in [1.29, 1.82) is 0 Å². The van der Waals surface area contributed by atoms with E-state index >= 15 is 0 Å². The van der Waals surface area contributed by atoms with Gasteiger partial charge in [-0.2, -0.15) is 23.0 Å². The Hall–Kier alpha value is -3.99. The van der Waals surface area contributed by atoms with E-state index in [0.29, 0.717) is 41.1 Å². The van der Waals surface area contributed by atoms with Crippen molar-refractivity contribution >= 4 is 16.6 Å².